The number of hydrogen-bond donors (Lipinski definition) is 2. The van der Waals surface area contributed by atoms with Crippen molar-refractivity contribution in [2.24, 2.45) is 0 Å². The molecule has 1 heterocycles. The number of nitrogens with one attached hydrogen (secondary N) is 2. The summed E-state index contributed by atoms with van der Waals surface area (Å²) in [4.78, 5) is 25.0. The molecule has 1 unspecified atom stereocenters. The minimum Gasteiger partial charge on any atom is -0.385 e. The Morgan fingerprint density at radius 2 is 2.28 bits per heavy atom. The average Bonchev–Trinajstić information content (AvgIpc) is 2.66. The Morgan fingerprint density at radius 1 is 1.56 bits per heavy atom. The number of nitrogens with zero attached hydrogens (tertiary/aromatic N) is 1. The highest BCUT2D eigenvalue weighted by Crippen LogP contribution is 2.13. The number of likely N-dealkylation sites (tertiary alicyclic amines) is 1. The van der Waals surface area contributed by atoms with Crippen molar-refractivity contribution in [1.82, 2.24) is 15.5 Å². The van der Waals surface area contributed by atoms with E-state index in [4.69, 9.17) is 4.74 Å². The van der Waals surface area contributed by atoms with Crippen molar-refractivity contribution in [3.8, 4) is 0 Å². The van der Waals surface area contributed by atoms with Gasteiger partial charge in [-0.05, 0) is 20.3 Å². The Hall–Kier alpha value is -1.30. The van der Waals surface area contributed by atoms with Crippen LogP contribution in [-0.2, 0) is 9.53 Å². The van der Waals surface area contributed by atoms with Gasteiger partial charge in [-0.1, -0.05) is 0 Å². The summed E-state index contributed by atoms with van der Waals surface area (Å²) < 4.78 is 4.89. The minimum atomic E-state index is -0.213. The summed E-state index contributed by atoms with van der Waals surface area (Å²) in [7, 11) is 1.63. The lowest BCUT2D eigenvalue weighted by atomic mass is 10.2. The van der Waals surface area contributed by atoms with E-state index in [1.807, 2.05) is 13.8 Å². The van der Waals surface area contributed by atoms with E-state index in [9.17, 15) is 9.59 Å². The molecule has 0 aromatic heterocycles. The largest absolute Gasteiger partial charge is 0.385 e. The second-order valence-electron chi connectivity index (χ2n) is 4.79. The Morgan fingerprint density at radius 3 is 2.83 bits per heavy atom. The summed E-state index contributed by atoms with van der Waals surface area (Å²) in [5.74, 6) is 0.106. The number of ether oxygens (including phenoxy) is 1. The van der Waals surface area contributed by atoms with Gasteiger partial charge < -0.3 is 20.3 Å². The van der Waals surface area contributed by atoms with Crippen LogP contribution in [0, 0.1) is 0 Å². The molecule has 0 aliphatic carbocycles. The highest BCUT2D eigenvalue weighted by atomic mass is 16.5. The molecule has 2 N–H and O–H groups in total. The molecule has 6 nitrogen and oxygen atoms in total. The smallest absolute Gasteiger partial charge is 0.315 e. The molecule has 3 amide bonds. The SMILES string of the molecule is COCCCNC(=O)NC1CC(=O)N(C(C)C)C1. The van der Waals surface area contributed by atoms with Gasteiger partial charge in [0.1, 0.15) is 0 Å². The molecule has 0 radical (unpaired) electrons. The van der Waals surface area contributed by atoms with Crippen LogP contribution in [0.1, 0.15) is 26.7 Å². The average molecular weight is 257 g/mol. The van der Waals surface area contributed by atoms with Gasteiger partial charge in [-0.2, -0.15) is 0 Å². The monoisotopic (exact) mass is 257 g/mol. The molecule has 18 heavy (non-hydrogen) atoms. The second-order valence-corrected chi connectivity index (χ2v) is 4.79. The number of carbonyl (C=O) groups excluding carboxylic acids is 2. The summed E-state index contributed by atoms with van der Waals surface area (Å²) >= 11 is 0. The quantitative estimate of drug-likeness (QED) is 0.674. The molecular formula is C12H23N3O3. The van der Waals surface area contributed by atoms with Gasteiger partial charge in [0.25, 0.3) is 0 Å². The van der Waals surface area contributed by atoms with Crippen molar-refractivity contribution in [2.75, 3.05) is 26.8 Å². The standard InChI is InChI=1S/C12H23N3O3/c1-9(2)15-8-10(7-11(15)16)14-12(17)13-5-4-6-18-3/h9-10H,4-8H2,1-3H3,(H2,13,14,17). The van der Waals surface area contributed by atoms with Crippen molar-refractivity contribution in [3.63, 3.8) is 0 Å². The second kappa shape index (κ2) is 7.20. The molecule has 1 fully saturated rings. The van der Waals surface area contributed by atoms with Crippen LogP contribution >= 0.6 is 0 Å². The van der Waals surface area contributed by atoms with Gasteiger partial charge in [-0.25, -0.2) is 4.79 Å². The van der Waals surface area contributed by atoms with E-state index >= 15 is 0 Å². The van der Waals surface area contributed by atoms with Gasteiger partial charge in [0.05, 0.1) is 6.04 Å². The van der Waals surface area contributed by atoms with Crippen LogP contribution in [0.25, 0.3) is 0 Å². The lowest BCUT2D eigenvalue weighted by molar-refractivity contribution is -0.129. The number of urea groups is 1. The fourth-order valence-corrected chi connectivity index (χ4v) is 1.98. The Labute approximate surface area is 108 Å². The Kier molecular flexibility index (Phi) is 5.91. The zero-order chi connectivity index (χ0) is 13.5. The third-order valence-corrected chi connectivity index (χ3v) is 2.93. The minimum absolute atomic E-state index is 0.0812. The van der Waals surface area contributed by atoms with Gasteiger partial charge >= 0.3 is 6.03 Å². The first-order valence-corrected chi connectivity index (χ1v) is 6.37. The van der Waals surface area contributed by atoms with Crippen molar-refractivity contribution in [2.45, 2.75) is 38.8 Å². The van der Waals surface area contributed by atoms with E-state index in [0.29, 0.717) is 26.1 Å². The van der Waals surface area contributed by atoms with Crippen LogP contribution in [0.5, 0.6) is 0 Å². The highest BCUT2D eigenvalue weighted by molar-refractivity contribution is 5.81. The van der Waals surface area contributed by atoms with Crippen molar-refractivity contribution >= 4 is 11.9 Å². The molecule has 0 bridgehead atoms. The number of methoxy groups -OCH3 is 1. The van der Waals surface area contributed by atoms with Crippen LogP contribution in [0.3, 0.4) is 0 Å². The third-order valence-electron chi connectivity index (χ3n) is 2.93. The van der Waals surface area contributed by atoms with Crippen molar-refractivity contribution < 1.29 is 14.3 Å². The molecule has 1 aliphatic heterocycles. The lowest BCUT2D eigenvalue weighted by Crippen LogP contribution is -2.44. The van der Waals surface area contributed by atoms with Crippen LogP contribution in [0.4, 0.5) is 4.79 Å². The van der Waals surface area contributed by atoms with E-state index < -0.39 is 0 Å². The van der Waals surface area contributed by atoms with Gasteiger partial charge in [-0.15, -0.1) is 0 Å². The third kappa shape index (κ3) is 4.52. The maximum absolute atomic E-state index is 11.6. The predicted molar refractivity (Wildman–Crippen MR) is 68.3 cm³/mol. The van der Waals surface area contributed by atoms with Gasteiger partial charge in [0.2, 0.25) is 5.91 Å². The number of rotatable bonds is 6. The maximum Gasteiger partial charge on any atom is 0.315 e. The first kappa shape index (κ1) is 14.8. The summed E-state index contributed by atoms with van der Waals surface area (Å²) in [5, 5.41) is 5.56. The first-order chi connectivity index (χ1) is 8.54. The zero-order valence-corrected chi connectivity index (χ0v) is 11.4. The molecule has 6 heteroatoms. The van der Waals surface area contributed by atoms with Crippen LogP contribution < -0.4 is 10.6 Å². The van der Waals surface area contributed by atoms with E-state index in [-0.39, 0.29) is 24.0 Å². The first-order valence-electron chi connectivity index (χ1n) is 6.37. The fourth-order valence-electron chi connectivity index (χ4n) is 1.98. The Balaban J connectivity index is 2.23. The lowest BCUT2D eigenvalue weighted by Gasteiger charge is -2.21. The fraction of sp³-hybridized carbons (Fsp3) is 0.833. The molecule has 104 valence electrons. The molecule has 1 aliphatic rings. The van der Waals surface area contributed by atoms with E-state index in [2.05, 4.69) is 10.6 Å². The predicted octanol–water partition coefficient (Wildman–Crippen LogP) is 0.331. The van der Waals surface area contributed by atoms with Crippen molar-refractivity contribution in [3.05, 3.63) is 0 Å². The number of amides is 3. The van der Waals surface area contributed by atoms with Crippen LogP contribution in [0.15, 0.2) is 0 Å². The molecule has 1 atom stereocenters. The van der Waals surface area contributed by atoms with E-state index in [1.54, 1.807) is 12.0 Å². The molecule has 0 spiro atoms. The number of hydrogen-bond acceptors (Lipinski definition) is 3. The molecule has 1 rings (SSSR count). The molecule has 0 aromatic carbocycles. The maximum atomic E-state index is 11.6. The highest BCUT2D eigenvalue weighted by Gasteiger charge is 2.31. The van der Waals surface area contributed by atoms with Gasteiger partial charge in [-0.3, -0.25) is 4.79 Å². The number of carbonyl (C=O) groups is 2. The summed E-state index contributed by atoms with van der Waals surface area (Å²) in [5.41, 5.74) is 0. The molecule has 1 saturated heterocycles. The topological polar surface area (TPSA) is 70.7 Å². The zero-order valence-electron chi connectivity index (χ0n) is 11.4. The summed E-state index contributed by atoms with van der Waals surface area (Å²) in [6.45, 7) is 5.76. The van der Waals surface area contributed by atoms with E-state index in [1.165, 1.54) is 0 Å². The molecule has 0 aromatic rings. The van der Waals surface area contributed by atoms with Crippen molar-refractivity contribution in [1.29, 1.82) is 0 Å². The summed E-state index contributed by atoms with van der Waals surface area (Å²) in [6, 6.07) is -0.106. The van der Waals surface area contributed by atoms with E-state index in [0.717, 1.165) is 6.42 Å². The normalized spacial score (nSPS) is 19.4. The van der Waals surface area contributed by atoms with Gasteiger partial charge in [0.15, 0.2) is 0 Å². The molecular weight excluding hydrogens is 234 g/mol. The van der Waals surface area contributed by atoms with Crippen LogP contribution in [0.2, 0.25) is 0 Å². The van der Waals surface area contributed by atoms with Crippen LogP contribution in [-0.4, -0.2) is 55.7 Å². The summed E-state index contributed by atoms with van der Waals surface area (Å²) in [6.07, 6.45) is 1.18. The van der Waals surface area contributed by atoms with Gasteiger partial charge in [0, 0.05) is 39.3 Å². The molecule has 0 saturated carbocycles. The Bertz CT molecular complexity index is 294.